The van der Waals surface area contributed by atoms with E-state index in [1.54, 1.807) is 36.4 Å². The summed E-state index contributed by atoms with van der Waals surface area (Å²) in [6.07, 6.45) is -2.96. The largest absolute Gasteiger partial charge is 0.492 e. The maximum Gasteiger partial charge on any atom is 0.416 e. The zero-order valence-electron chi connectivity index (χ0n) is 17.9. The molecule has 0 unspecified atom stereocenters. The molecule has 34 heavy (non-hydrogen) atoms. The number of anilines is 1. The van der Waals surface area contributed by atoms with Gasteiger partial charge in [-0.1, -0.05) is 18.2 Å². The minimum Gasteiger partial charge on any atom is -0.492 e. The Balaban J connectivity index is 1.46. The summed E-state index contributed by atoms with van der Waals surface area (Å²) >= 11 is 5.34. The monoisotopic (exact) mass is 488 g/mol. The maximum absolute atomic E-state index is 13.0. The summed E-state index contributed by atoms with van der Waals surface area (Å²) in [5.41, 5.74) is -0.0759. The number of nitrogens with one attached hydrogen (secondary N) is 1. The summed E-state index contributed by atoms with van der Waals surface area (Å²) in [5, 5.41) is 3.07. The second kappa shape index (κ2) is 9.60. The highest BCUT2D eigenvalue weighted by atomic mass is 32.1. The molecule has 4 rings (SSSR count). The summed E-state index contributed by atoms with van der Waals surface area (Å²) in [6.45, 7) is 2.19. The molecule has 0 aliphatic carbocycles. The number of furan rings is 1. The number of rotatable bonds is 7. The fourth-order valence-electron chi connectivity index (χ4n) is 3.28. The van der Waals surface area contributed by atoms with Crippen LogP contribution < -0.4 is 19.7 Å². The van der Waals surface area contributed by atoms with Gasteiger partial charge in [0.15, 0.2) is 5.11 Å². The van der Waals surface area contributed by atoms with Gasteiger partial charge in [0.2, 0.25) is 0 Å². The maximum atomic E-state index is 13.0. The van der Waals surface area contributed by atoms with Crippen molar-refractivity contribution in [2.24, 2.45) is 0 Å². The predicted octanol–water partition coefficient (Wildman–Crippen LogP) is 5.54. The minimum absolute atomic E-state index is 0.0627. The van der Waals surface area contributed by atoms with Crippen molar-refractivity contribution in [1.29, 1.82) is 0 Å². The lowest BCUT2D eigenvalue weighted by atomic mass is 10.2. The van der Waals surface area contributed by atoms with Crippen LogP contribution in [0.5, 0.6) is 11.5 Å². The Labute approximate surface area is 198 Å². The number of nitrogens with zero attached hydrogens (tertiary/aromatic N) is 1. The Morgan fingerprint density at radius 1 is 1.09 bits per heavy atom. The first kappa shape index (κ1) is 23.4. The average Bonchev–Trinajstić information content (AvgIpc) is 3.36. The molecule has 1 N–H and O–H groups in total. The first-order chi connectivity index (χ1) is 16.3. The minimum atomic E-state index is -4.46. The molecule has 0 spiro atoms. The number of hydrogen-bond acceptors (Lipinski definition) is 5. The fourth-order valence-corrected chi connectivity index (χ4v) is 3.57. The Hall–Kier alpha value is -3.79. The van der Waals surface area contributed by atoms with Crippen molar-refractivity contribution in [2.45, 2.75) is 19.7 Å². The van der Waals surface area contributed by atoms with Crippen molar-refractivity contribution in [3.8, 4) is 11.5 Å². The number of hydrogen-bond donors (Lipinski definition) is 1. The third kappa shape index (κ3) is 5.07. The molecule has 2 heterocycles. The number of thiocarbonyl (C=S) groups is 1. The topological polar surface area (TPSA) is 63.9 Å². The van der Waals surface area contributed by atoms with Crippen LogP contribution in [0.4, 0.5) is 18.9 Å². The summed E-state index contributed by atoms with van der Waals surface area (Å²) in [4.78, 5) is 14.3. The molecule has 0 radical (unpaired) electrons. The van der Waals surface area contributed by atoms with Crippen LogP contribution in [0.2, 0.25) is 0 Å². The smallest absolute Gasteiger partial charge is 0.416 e. The number of carbonyl (C=O) groups is 1. The molecular weight excluding hydrogens is 469 g/mol. The first-order valence-corrected chi connectivity index (χ1v) is 10.6. The Bertz CT molecular complexity index is 1250. The summed E-state index contributed by atoms with van der Waals surface area (Å²) in [6, 6.07) is 14.9. The molecule has 10 heteroatoms. The van der Waals surface area contributed by atoms with Gasteiger partial charge in [-0.25, -0.2) is 4.90 Å². The van der Waals surface area contributed by atoms with E-state index >= 15 is 0 Å². The molecule has 1 aliphatic rings. The highest BCUT2D eigenvalue weighted by Crippen LogP contribution is 2.33. The molecule has 6 nitrogen and oxygen atoms in total. The van der Waals surface area contributed by atoms with Crippen LogP contribution in [0.1, 0.15) is 24.0 Å². The molecule has 3 aromatic rings. The number of amides is 1. The van der Waals surface area contributed by atoms with Gasteiger partial charge in [0.25, 0.3) is 5.91 Å². The second-order valence-corrected chi connectivity index (χ2v) is 7.53. The van der Waals surface area contributed by atoms with Gasteiger partial charge in [0.1, 0.15) is 35.3 Å². The van der Waals surface area contributed by atoms with Gasteiger partial charge in [0.05, 0.1) is 17.9 Å². The van der Waals surface area contributed by atoms with E-state index < -0.39 is 11.7 Å². The van der Waals surface area contributed by atoms with E-state index in [9.17, 15) is 18.0 Å². The second-order valence-electron chi connectivity index (χ2n) is 7.15. The molecule has 176 valence electrons. The normalized spacial score (nSPS) is 15.1. The Kier molecular flexibility index (Phi) is 6.60. The van der Waals surface area contributed by atoms with Crippen molar-refractivity contribution in [1.82, 2.24) is 5.32 Å². The van der Waals surface area contributed by atoms with Gasteiger partial charge in [-0.15, -0.1) is 0 Å². The summed E-state index contributed by atoms with van der Waals surface area (Å²) in [5.74, 6) is 0.927. The van der Waals surface area contributed by atoms with E-state index in [1.807, 2.05) is 6.92 Å². The van der Waals surface area contributed by atoms with Crippen molar-refractivity contribution in [2.75, 3.05) is 11.5 Å². The van der Waals surface area contributed by atoms with E-state index in [4.69, 9.17) is 26.1 Å². The van der Waals surface area contributed by atoms with Crippen LogP contribution in [0.25, 0.3) is 6.08 Å². The molecule has 0 bridgehead atoms. The zero-order chi connectivity index (χ0) is 24.3. The van der Waals surface area contributed by atoms with Crippen LogP contribution in [0, 0.1) is 0 Å². The molecule has 1 amide bonds. The van der Waals surface area contributed by atoms with Gasteiger partial charge < -0.3 is 19.2 Å². The number of para-hydroxylation sites is 2. The van der Waals surface area contributed by atoms with Gasteiger partial charge in [-0.2, -0.15) is 13.2 Å². The number of alkyl halides is 3. The molecule has 0 atom stereocenters. The highest BCUT2D eigenvalue weighted by Gasteiger charge is 2.34. The number of halogens is 3. The Morgan fingerprint density at radius 2 is 1.88 bits per heavy atom. The average molecular weight is 488 g/mol. The van der Waals surface area contributed by atoms with Crippen molar-refractivity contribution in [3.63, 3.8) is 0 Å². The van der Waals surface area contributed by atoms with Crippen LogP contribution in [-0.4, -0.2) is 17.6 Å². The van der Waals surface area contributed by atoms with E-state index in [1.165, 1.54) is 23.1 Å². The number of benzene rings is 2. The van der Waals surface area contributed by atoms with Gasteiger partial charge in [0, 0.05) is 6.08 Å². The van der Waals surface area contributed by atoms with Crippen molar-refractivity contribution >= 4 is 35.0 Å². The van der Waals surface area contributed by atoms with Crippen molar-refractivity contribution in [3.05, 3.63) is 83.4 Å². The SMILES string of the molecule is CCOc1ccccc1N1C(=O)/C(=C\c2ccc(COc3cccc(C(F)(F)F)c3)o2)NC1=S. The van der Waals surface area contributed by atoms with Gasteiger partial charge in [-0.05, 0) is 61.6 Å². The van der Waals surface area contributed by atoms with E-state index in [0.717, 1.165) is 12.1 Å². The van der Waals surface area contributed by atoms with Gasteiger partial charge >= 0.3 is 6.18 Å². The molecule has 1 aliphatic heterocycles. The Morgan fingerprint density at radius 3 is 2.65 bits per heavy atom. The van der Waals surface area contributed by atoms with Crippen molar-refractivity contribution < 1.29 is 31.9 Å². The zero-order valence-corrected chi connectivity index (χ0v) is 18.7. The first-order valence-electron chi connectivity index (χ1n) is 10.2. The number of carbonyl (C=O) groups excluding carboxylic acids is 1. The van der Waals surface area contributed by atoms with E-state index in [0.29, 0.717) is 29.6 Å². The van der Waals surface area contributed by atoms with Crippen LogP contribution >= 0.6 is 12.2 Å². The van der Waals surface area contributed by atoms with E-state index in [2.05, 4.69) is 5.32 Å². The molecule has 1 aromatic heterocycles. The summed E-state index contributed by atoms with van der Waals surface area (Å²) < 4.78 is 55.2. The fraction of sp³-hybridized carbons (Fsp3) is 0.167. The molecule has 2 aromatic carbocycles. The number of ether oxygens (including phenoxy) is 2. The standard InChI is InChI=1S/C24H19F3N2O4S/c1-2-31-21-9-4-3-8-20(21)29-22(30)19(28-23(29)34)13-17-10-11-18(33-17)14-32-16-7-5-6-15(12-16)24(25,26)27/h3-13H,2,14H2,1H3,(H,28,34)/b19-13+. The van der Waals surface area contributed by atoms with Crippen LogP contribution in [0.3, 0.4) is 0 Å². The summed E-state index contributed by atoms with van der Waals surface area (Å²) in [7, 11) is 0. The van der Waals surface area contributed by atoms with Crippen LogP contribution in [-0.2, 0) is 17.6 Å². The lowest BCUT2D eigenvalue weighted by Gasteiger charge is -2.17. The van der Waals surface area contributed by atoms with Crippen LogP contribution in [0.15, 0.2) is 70.8 Å². The quantitative estimate of drug-likeness (QED) is 0.348. The van der Waals surface area contributed by atoms with E-state index in [-0.39, 0.29) is 29.1 Å². The third-order valence-electron chi connectivity index (χ3n) is 4.80. The highest BCUT2D eigenvalue weighted by molar-refractivity contribution is 7.80. The van der Waals surface area contributed by atoms with Gasteiger partial charge in [-0.3, -0.25) is 4.79 Å². The third-order valence-corrected chi connectivity index (χ3v) is 5.08. The lowest BCUT2D eigenvalue weighted by Crippen LogP contribution is -2.30. The predicted molar refractivity (Wildman–Crippen MR) is 123 cm³/mol. The lowest BCUT2D eigenvalue weighted by molar-refractivity contribution is -0.137. The molecular formula is C24H19F3N2O4S. The molecule has 1 fully saturated rings. The molecule has 1 saturated heterocycles. The molecule has 0 saturated carbocycles.